The van der Waals surface area contributed by atoms with E-state index in [1.807, 2.05) is 36.4 Å². The molecule has 4 heteroatoms. The molecule has 0 radical (unpaired) electrons. The normalized spacial score (nSPS) is 12.8. The molecule has 0 aliphatic rings. The first kappa shape index (κ1) is 14.2. The third-order valence-electron chi connectivity index (χ3n) is 2.97. The van der Waals surface area contributed by atoms with Gasteiger partial charge in [-0.25, -0.2) is 0 Å². The van der Waals surface area contributed by atoms with Crippen LogP contribution in [0.4, 0.5) is 0 Å². The molecule has 106 valence electrons. The van der Waals surface area contributed by atoms with E-state index in [0.29, 0.717) is 12.2 Å². The second kappa shape index (κ2) is 7.40. The van der Waals surface area contributed by atoms with Crippen molar-refractivity contribution in [3.8, 4) is 0 Å². The van der Waals surface area contributed by atoms with E-state index >= 15 is 0 Å². The van der Waals surface area contributed by atoms with Crippen molar-refractivity contribution in [3.05, 3.63) is 59.6 Å². The molecule has 0 aliphatic carbocycles. The molecule has 0 bridgehead atoms. The molecule has 0 saturated heterocycles. The van der Waals surface area contributed by atoms with Gasteiger partial charge in [-0.05, 0) is 61.7 Å². The third kappa shape index (κ3) is 4.17. The van der Waals surface area contributed by atoms with Crippen LogP contribution in [0.2, 0.25) is 0 Å². The highest BCUT2D eigenvalue weighted by atomic mass is 16.3. The Balaban J connectivity index is 2.17. The van der Waals surface area contributed by atoms with Crippen molar-refractivity contribution in [1.82, 2.24) is 0 Å². The maximum absolute atomic E-state index is 6.17. The zero-order chi connectivity index (χ0) is 14.2. The SMILES string of the molecule is NCCCCC(=Cc1ccco1)C(N)=Cc1ccco1. The summed E-state index contributed by atoms with van der Waals surface area (Å²) in [5, 5.41) is 0. The van der Waals surface area contributed by atoms with Crippen LogP contribution >= 0.6 is 0 Å². The van der Waals surface area contributed by atoms with E-state index in [2.05, 4.69) is 0 Å². The fourth-order valence-corrected chi connectivity index (χ4v) is 1.92. The van der Waals surface area contributed by atoms with E-state index in [1.165, 1.54) is 0 Å². The fraction of sp³-hybridized carbons (Fsp3) is 0.250. The molecule has 0 saturated carbocycles. The molecule has 0 amide bonds. The van der Waals surface area contributed by atoms with Crippen LogP contribution in [0, 0.1) is 0 Å². The summed E-state index contributed by atoms with van der Waals surface area (Å²) in [5.41, 5.74) is 13.4. The Morgan fingerprint density at radius 3 is 2.20 bits per heavy atom. The molecule has 2 aromatic rings. The topological polar surface area (TPSA) is 78.3 Å². The molecular formula is C16H20N2O2. The van der Waals surface area contributed by atoms with Crippen molar-refractivity contribution in [2.24, 2.45) is 11.5 Å². The lowest BCUT2D eigenvalue weighted by atomic mass is 10.0. The Morgan fingerprint density at radius 1 is 1.00 bits per heavy atom. The molecule has 20 heavy (non-hydrogen) atoms. The van der Waals surface area contributed by atoms with Gasteiger partial charge < -0.3 is 20.3 Å². The summed E-state index contributed by atoms with van der Waals surface area (Å²) in [4.78, 5) is 0. The summed E-state index contributed by atoms with van der Waals surface area (Å²) >= 11 is 0. The van der Waals surface area contributed by atoms with Gasteiger partial charge in [0.15, 0.2) is 0 Å². The summed E-state index contributed by atoms with van der Waals surface area (Å²) in [5.74, 6) is 1.54. The molecule has 0 aliphatic heterocycles. The highest BCUT2D eigenvalue weighted by Crippen LogP contribution is 2.20. The number of hydrogen-bond donors (Lipinski definition) is 2. The Hall–Kier alpha value is -2.20. The van der Waals surface area contributed by atoms with Crippen molar-refractivity contribution < 1.29 is 8.83 Å². The predicted molar refractivity (Wildman–Crippen MR) is 80.5 cm³/mol. The molecule has 0 atom stereocenters. The maximum atomic E-state index is 6.17. The molecule has 2 heterocycles. The van der Waals surface area contributed by atoms with E-state index in [4.69, 9.17) is 20.3 Å². The number of nitrogens with two attached hydrogens (primary N) is 2. The van der Waals surface area contributed by atoms with E-state index in [9.17, 15) is 0 Å². The standard InChI is InChI=1S/C16H20N2O2/c17-8-2-1-5-13(11-14-6-3-9-19-14)16(18)12-15-7-4-10-20-15/h3-4,6-7,9-12H,1-2,5,8,17-18H2. The average Bonchev–Trinajstić information content (AvgIpc) is 3.11. The van der Waals surface area contributed by atoms with Gasteiger partial charge in [0.05, 0.1) is 12.5 Å². The van der Waals surface area contributed by atoms with Gasteiger partial charge in [-0.2, -0.15) is 0 Å². The van der Waals surface area contributed by atoms with Gasteiger partial charge in [-0.1, -0.05) is 0 Å². The summed E-state index contributed by atoms with van der Waals surface area (Å²) < 4.78 is 10.6. The fourth-order valence-electron chi connectivity index (χ4n) is 1.92. The summed E-state index contributed by atoms with van der Waals surface area (Å²) in [7, 11) is 0. The summed E-state index contributed by atoms with van der Waals surface area (Å²) in [6.07, 6.45) is 9.90. The first-order valence-corrected chi connectivity index (χ1v) is 6.75. The van der Waals surface area contributed by atoms with Crippen LogP contribution in [-0.2, 0) is 0 Å². The number of unbranched alkanes of at least 4 members (excludes halogenated alkanes) is 1. The van der Waals surface area contributed by atoms with Gasteiger partial charge in [0.25, 0.3) is 0 Å². The zero-order valence-corrected chi connectivity index (χ0v) is 11.4. The van der Waals surface area contributed by atoms with Crippen molar-refractivity contribution in [2.75, 3.05) is 6.54 Å². The number of furan rings is 2. The van der Waals surface area contributed by atoms with Crippen molar-refractivity contribution >= 4 is 12.2 Å². The second-order valence-corrected chi connectivity index (χ2v) is 4.55. The zero-order valence-electron chi connectivity index (χ0n) is 11.4. The van der Waals surface area contributed by atoms with Gasteiger partial charge in [0.1, 0.15) is 11.5 Å². The summed E-state index contributed by atoms with van der Waals surface area (Å²) in [6.45, 7) is 0.690. The van der Waals surface area contributed by atoms with Gasteiger partial charge in [0.2, 0.25) is 0 Å². The van der Waals surface area contributed by atoms with Crippen LogP contribution in [0.25, 0.3) is 12.2 Å². The Labute approximate surface area is 118 Å². The molecule has 0 unspecified atom stereocenters. The van der Waals surface area contributed by atoms with Crippen LogP contribution in [-0.4, -0.2) is 6.54 Å². The van der Waals surface area contributed by atoms with Crippen molar-refractivity contribution in [1.29, 1.82) is 0 Å². The summed E-state index contributed by atoms with van der Waals surface area (Å²) in [6, 6.07) is 7.47. The molecule has 0 fully saturated rings. The van der Waals surface area contributed by atoms with Crippen LogP contribution in [0.15, 0.2) is 56.9 Å². The molecule has 4 nitrogen and oxygen atoms in total. The molecule has 2 rings (SSSR count). The number of hydrogen-bond acceptors (Lipinski definition) is 4. The van der Waals surface area contributed by atoms with Crippen LogP contribution in [0.5, 0.6) is 0 Å². The van der Waals surface area contributed by atoms with Crippen molar-refractivity contribution in [2.45, 2.75) is 19.3 Å². The predicted octanol–water partition coefficient (Wildman–Crippen LogP) is 3.38. The Morgan fingerprint density at radius 2 is 1.65 bits per heavy atom. The largest absolute Gasteiger partial charge is 0.465 e. The highest BCUT2D eigenvalue weighted by molar-refractivity contribution is 5.61. The quantitative estimate of drug-likeness (QED) is 0.598. The minimum atomic E-state index is 0.688. The van der Waals surface area contributed by atoms with Crippen LogP contribution < -0.4 is 11.5 Å². The van der Waals surface area contributed by atoms with E-state index in [-0.39, 0.29) is 0 Å². The lowest BCUT2D eigenvalue weighted by Gasteiger charge is -2.07. The first-order valence-electron chi connectivity index (χ1n) is 6.75. The monoisotopic (exact) mass is 272 g/mol. The average molecular weight is 272 g/mol. The lowest BCUT2D eigenvalue weighted by Crippen LogP contribution is -2.03. The van der Waals surface area contributed by atoms with Crippen LogP contribution in [0.1, 0.15) is 30.8 Å². The molecule has 0 spiro atoms. The number of allylic oxidation sites excluding steroid dienone is 1. The van der Waals surface area contributed by atoms with Gasteiger partial charge >= 0.3 is 0 Å². The maximum Gasteiger partial charge on any atom is 0.128 e. The van der Waals surface area contributed by atoms with Gasteiger partial charge in [-0.15, -0.1) is 0 Å². The first-order chi connectivity index (χ1) is 9.79. The van der Waals surface area contributed by atoms with E-state index in [1.54, 1.807) is 12.5 Å². The van der Waals surface area contributed by atoms with Gasteiger partial charge in [0, 0.05) is 11.8 Å². The van der Waals surface area contributed by atoms with E-state index < -0.39 is 0 Å². The minimum Gasteiger partial charge on any atom is -0.465 e. The van der Waals surface area contributed by atoms with E-state index in [0.717, 1.165) is 36.4 Å². The lowest BCUT2D eigenvalue weighted by molar-refractivity contribution is 0.555. The molecule has 2 aromatic heterocycles. The van der Waals surface area contributed by atoms with Gasteiger partial charge in [-0.3, -0.25) is 0 Å². The Kier molecular flexibility index (Phi) is 5.26. The Bertz CT molecular complexity index is 551. The minimum absolute atomic E-state index is 0.688. The molecule has 0 aromatic carbocycles. The smallest absolute Gasteiger partial charge is 0.128 e. The second-order valence-electron chi connectivity index (χ2n) is 4.55. The highest BCUT2D eigenvalue weighted by Gasteiger charge is 2.04. The van der Waals surface area contributed by atoms with Crippen molar-refractivity contribution in [3.63, 3.8) is 0 Å². The third-order valence-corrected chi connectivity index (χ3v) is 2.97. The molecule has 4 N–H and O–H groups in total. The number of rotatable bonds is 7. The molecular weight excluding hydrogens is 252 g/mol. The van der Waals surface area contributed by atoms with Crippen LogP contribution in [0.3, 0.4) is 0 Å².